The summed E-state index contributed by atoms with van der Waals surface area (Å²) >= 11 is 1.76. The number of fused-ring (bicyclic) bond motifs is 3. The lowest BCUT2D eigenvalue weighted by molar-refractivity contribution is 0.0652. The fourth-order valence-corrected chi connectivity index (χ4v) is 5.29. The summed E-state index contributed by atoms with van der Waals surface area (Å²) in [5.41, 5.74) is 2.22. The number of aryl methyl sites for hydroxylation is 3. The zero-order chi connectivity index (χ0) is 18.4. The maximum Gasteiger partial charge on any atom is 0.232 e. The lowest BCUT2D eigenvalue weighted by atomic mass is 9.95. The van der Waals surface area contributed by atoms with E-state index < -0.39 is 0 Å². The Hall–Kier alpha value is -2.19. The first-order chi connectivity index (χ1) is 13.2. The third-order valence-electron chi connectivity index (χ3n) is 5.41. The number of rotatable bonds is 4. The Bertz CT molecular complexity index is 974. The van der Waals surface area contributed by atoms with Gasteiger partial charge in [0.1, 0.15) is 10.9 Å². The molecule has 3 aromatic rings. The number of hydrogen-bond donors (Lipinski definition) is 2. The van der Waals surface area contributed by atoms with Crippen LogP contribution in [0.2, 0.25) is 0 Å². The van der Waals surface area contributed by atoms with Crippen LogP contribution in [0.4, 0.5) is 11.6 Å². The van der Waals surface area contributed by atoms with Crippen LogP contribution in [0.15, 0.2) is 12.4 Å². The molecule has 142 valence electrons. The average molecular weight is 385 g/mol. The van der Waals surface area contributed by atoms with Crippen LogP contribution in [0.5, 0.6) is 5.88 Å². The Morgan fingerprint density at radius 3 is 2.85 bits per heavy atom. The summed E-state index contributed by atoms with van der Waals surface area (Å²) in [6.07, 6.45) is 10.3. The van der Waals surface area contributed by atoms with Crippen LogP contribution in [0.25, 0.3) is 10.2 Å². The van der Waals surface area contributed by atoms with E-state index in [9.17, 15) is 5.11 Å². The molecule has 27 heavy (non-hydrogen) atoms. The number of aliphatic hydroxyl groups excluding tert-OH is 1. The van der Waals surface area contributed by atoms with Crippen molar-refractivity contribution in [2.24, 2.45) is 7.05 Å². The highest BCUT2D eigenvalue weighted by molar-refractivity contribution is 7.19. The number of thiophene rings is 1. The Balaban J connectivity index is 1.51. The first-order valence-electron chi connectivity index (χ1n) is 9.58. The van der Waals surface area contributed by atoms with Crippen molar-refractivity contribution in [3.63, 3.8) is 0 Å². The number of aliphatic hydroxyl groups is 1. The second-order valence-corrected chi connectivity index (χ2v) is 8.55. The maximum atomic E-state index is 9.77. The van der Waals surface area contributed by atoms with E-state index in [4.69, 9.17) is 14.7 Å². The van der Waals surface area contributed by atoms with Crippen LogP contribution < -0.4 is 10.1 Å². The molecule has 0 amide bonds. The molecule has 0 atom stereocenters. The Kier molecular flexibility index (Phi) is 4.24. The molecule has 0 saturated heterocycles. The van der Waals surface area contributed by atoms with E-state index in [1.807, 2.05) is 13.2 Å². The highest BCUT2D eigenvalue weighted by Crippen LogP contribution is 2.41. The normalized spacial score (nSPS) is 22.1. The van der Waals surface area contributed by atoms with Gasteiger partial charge >= 0.3 is 0 Å². The molecule has 1 saturated carbocycles. The van der Waals surface area contributed by atoms with E-state index >= 15 is 0 Å². The number of hydrogen-bond acceptors (Lipinski definition) is 7. The van der Waals surface area contributed by atoms with Crippen LogP contribution in [-0.4, -0.2) is 37.1 Å². The summed E-state index contributed by atoms with van der Waals surface area (Å²) in [5.74, 6) is 1.23. The van der Waals surface area contributed by atoms with Crippen LogP contribution in [0.1, 0.15) is 42.5 Å². The second kappa shape index (κ2) is 6.76. The van der Waals surface area contributed by atoms with Crippen LogP contribution in [-0.2, 0) is 19.9 Å². The number of aromatic nitrogens is 4. The summed E-state index contributed by atoms with van der Waals surface area (Å²) in [6, 6.07) is 0. The van der Waals surface area contributed by atoms with Crippen molar-refractivity contribution < 1.29 is 9.84 Å². The van der Waals surface area contributed by atoms with E-state index in [0.29, 0.717) is 11.8 Å². The highest BCUT2D eigenvalue weighted by Gasteiger charge is 2.26. The summed E-state index contributed by atoms with van der Waals surface area (Å²) in [7, 11) is 1.88. The second-order valence-electron chi connectivity index (χ2n) is 7.47. The van der Waals surface area contributed by atoms with Gasteiger partial charge in [-0.1, -0.05) is 0 Å². The fourth-order valence-electron chi connectivity index (χ4n) is 4.04. The van der Waals surface area contributed by atoms with Crippen LogP contribution >= 0.6 is 11.3 Å². The Morgan fingerprint density at radius 2 is 2.07 bits per heavy atom. The predicted molar refractivity (Wildman–Crippen MR) is 105 cm³/mol. The Morgan fingerprint density at radius 1 is 1.22 bits per heavy atom. The molecule has 1 fully saturated rings. The quantitative estimate of drug-likeness (QED) is 0.716. The fraction of sp³-hybridized carbons (Fsp3) is 0.526. The smallest absolute Gasteiger partial charge is 0.232 e. The first kappa shape index (κ1) is 16.9. The van der Waals surface area contributed by atoms with Gasteiger partial charge in [-0.05, 0) is 50.5 Å². The zero-order valence-corrected chi connectivity index (χ0v) is 16.1. The number of nitrogens with one attached hydrogen (secondary N) is 1. The van der Waals surface area contributed by atoms with Gasteiger partial charge in [0.05, 0.1) is 23.4 Å². The monoisotopic (exact) mass is 385 g/mol. The Labute approximate surface area is 161 Å². The van der Waals surface area contributed by atoms with Crippen LogP contribution in [0.3, 0.4) is 0 Å². The lowest BCUT2D eigenvalue weighted by Gasteiger charge is -2.26. The molecular weight excluding hydrogens is 362 g/mol. The van der Waals surface area contributed by atoms with Gasteiger partial charge in [0.25, 0.3) is 0 Å². The van der Waals surface area contributed by atoms with Gasteiger partial charge in [-0.3, -0.25) is 4.68 Å². The molecule has 8 heteroatoms. The lowest BCUT2D eigenvalue weighted by Crippen LogP contribution is -2.27. The van der Waals surface area contributed by atoms with Gasteiger partial charge in [0.2, 0.25) is 11.8 Å². The van der Waals surface area contributed by atoms with E-state index in [2.05, 4.69) is 10.4 Å². The standard InChI is InChI=1S/C19H23N5O2S/c1-24-10-11(9-20-24)21-19-22-17(26-13-7-5-12(25)6-8-13)16-14-3-2-4-15(14)27-18(16)23-19/h9-10,12-13,25H,2-8H2,1H3,(H,21,22,23). The van der Waals surface area contributed by atoms with Gasteiger partial charge in [-0.15, -0.1) is 11.3 Å². The molecule has 2 N–H and O–H groups in total. The molecule has 2 aliphatic rings. The van der Waals surface area contributed by atoms with Crippen molar-refractivity contribution in [2.75, 3.05) is 5.32 Å². The number of nitrogens with zero attached hydrogens (tertiary/aromatic N) is 4. The number of anilines is 2. The minimum absolute atomic E-state index is 0.106. The topological polar surface area (TPSA) is 85.1 Å². The van der Waals surface area contributed by atoms with Crippen molar-refractivity contribution >= 4 is 33.2 Å². The summed E-state index contributed by atoms with van der Waals surface area (Å²) in [5, 5.41) is 18.3. The molecule has 0 spiro atoms. The van der Waals surface area contributed by atoms with Gasteiger partial charge in [-0.25, -0.2) is 4.98 Å². The molecule has 3 aromatic heterocycles. The third kappa shape index (κ3) is 3.27. The van der Waals surface area contributed by atoms with E-state index in [-0.39, 0.29) is 12.2 Å². The maximum absolute atomic E-state index is 9.77. The van der Waals surface area contributed by atoms with Crippen LogP contribution in [0, 0.1) is 0 Å². The van der Waals surface area contributed by atoms with Gasteiger partial charge in [0.15, 0.2) is 0 Å². The molecule has 0 aromatic carbocycles. The summed E-state index contributed by atoms with van der Waals surface area (Å²) in [4.78, 5) is 11.9. The molecule has 0 bridgehead atoms. The minimum atomic E-state index is -0.191. The number of ether oxygens (including phenoxy) is 1. The molecular formula is C19H23N5O2S. The van der Waals surface area contributed by atoms with Gasteiger partial charge < -0.3 is 15.2 Å². The first-order valence-corrected chi connectivity index (χ1v) is 10.4. The minimum Gasteiger partial charge on any atom is -0.474 e. The summed E-state index contributed by atoms with van der Waals surface area (Å²) in [6.45, 7) is 0. The van der Waals surface area contributed by atoms with Crippen molar-refractivity contribution in [3.8, 4) is 5.88 Å². The highest BCUT2D eigenvalue weighted by atomic mass is 32.1. The van der Waals surface area contributed by atoms with Gasteiger partial charge in [0, 0.05) is 18.1 Å². The molecule has 2 aliphatic carbocycles. The van der Waals surface area contributed by atoms with Crippen molar-refractivity contribution in [1.29, 1.82) is 0 Å². The van der Waals surface area contributed by atoms with E-state index in [1.54, 1.807) is 22.2 Å². The SMILES string of the molecule is Cn1cc(Nc2nc(OC3CCC(O)CC3)c3c4c(sc3n2)CCC4)cn1. The molecule has 0 unspecified atom stereocenters. The summed E-state index contributed by atoms with van der Waals surface area (Å²) < 4.78 is 8.11. The van der Waals surface area contributed by atoms with E-state index in [1.165, 1.54) is 16.9 Å². The van der Waals surface area contributed by atoms with Gasteiger partial charge in [-0.2, -0.15) is 10.1 Å². The van der Waals surface area contributed by atoms with E-state index in [0.717, 1.165) is 54.4 Å². The molecule has 0 radical (unpaired) electrons. The molecule has 5 rings (SSSR count). The zero-order valence-electron chi connectivity index (χ0n) is 15.3. The largest absolute Gasteiger partial charge is 0.474 e. The van der Waals surface area contributed by atoms with Crippen molar-refractivity contribution in [2.45, 2.75) is 57.2 Å². The predicted octanol–water partition coefficient (Wildman–Crippen LogP) is 3.34. The molecule has 0 aliphatic heterocycles. The third-order valence-corrected chi connectivity index (χ3v) is 6.60. The average Bonchev–Trinajstić information content (AvgIpc) is 3.33. The van der Waals surface area contributed by atoms with Crippen molar-refractivity contribution in [3.05, 3.63) is 22.8 Å². The molecule has 3 heterocycles. The molecule has 7 nitrogen and oxygen atoms in total. The van der Waals surface area contributed by atoms with Crippen molar-refractivity contribution in [1.82, 2.24) is 19.7 Å².